The quantitative estimate of drug-likeness (QED) is 0.787. The Morgan fingerprint density at radius 1 is 1.42 bits per heavy atom. The molecule has 1 N–H and O–H groups in total. The normalized spacial score (nSPS) is 26.8. The minimum Gasteiger partial charge on any atom is -0.372 e. The van der Waals surface area contributed by atoms with Crippen LogP contribution in [0.3, 0.4) is 0 Å². The van der Waals surface area contributed by atoms with Gasteiger partial charge in [-0.2, -0.15) is 0 Å². The highest BCUT2D eigenvalue weighted by molar-refractivity contribution is 7.90. The van der Waals surface area contributed by atoms with Crippen LogP contribution in [-0.2, 0) is 21.3 Å². The molecule has 3 aliphatic rings. The zero-order chi connectivity index (χ0) is 16.8. The number of nitrogens with zero attached hydrogens (tertiary/aromatic N) is 2. The maximum absolute atomic E-state index is 11.9. The molecule has 1 aromatic rings. The van der Waals surface area contributed by atoms with Crippen LogP contribution >= 0.6 is 11.3 Å². The lowest BCUT2D eigenvalue weighted by Crippen LogP contribution is -2.64. The van der Waals surface area contributed by atoms with Crippen LogP contribution in [0.25, 0.3) is 0 Å². The maximum Gasteiger partial charge on any atom is 0.214 e. The van der Waals surface area contributed by atoms with Gasteiger partial charge in [0.05, 0.1) is 17.4 Å². The molecule has 1 aliphatic carbocycles. The minimum atomic E-state index is -3.06. The molecule has 2 aliphatic heterocycles. The van der Waals surface area contributed by atoms with E-state index in [4.69, 9.17) is 4.74 Å². The van der Waals surface area contributed by atoms with Gasteiger partial charge < -0.3 is 4.74 Å². The molecule has 6 nitrogen and oxygen atoms in total. The van der Waals surface area contributed by atoms with Gasteiger partial charge in [-0.05, 0) is 38.5 Å². The van der Waals surface area contributed by atoms with Gasteiger partial charge in [-0.1, -0.05) is 0 Å². The Kier molecular flexibility index (Phi) is 4.45. The molecule has 0 radical (unpaired) electrons. The van der Waals surface area contributed by atoms with E-state index in [1.807, 2.05) is 6.92 Å². The fraction of sp³-hybridized carbons (Fsp3) is 0.812. The van der Waals surface area contributed by atoms with E-state index in [0.717, 1.165) is 62.6 Å². The monoisotopic (exact) mass is 371 g/mol. The first kappa shape index (κ1) is 16.9. The van der Waals surface area contributed by atoms with Crippen LogP contribution in [0, 0.1) is 12.8 Å². The van der Waals surface area contributed by atoms with Crippen molar-refractivity contribution in [2.75, 3.05) is 26.2 Å². The molecule has 24 heavy (non-hydrogen) atoms. The molecule has 0 unspecified atom stereocenters. The van der Waals surface area contributed by atoms with Gasteiger partial charge in [0.15, 0.2) is 0 Å². The standard InChI is InChI=1S/C16H25N3O3S2/c1-12-9-23-15(18-12)8-19-10-16(11-19)13(5-7-22-16)4-6-17-24(20,21)14-2-3-14/h9,13-14,17H,2-8,10-11H2,1H3/t13-/m1/s1. The third-order valence-electron chi connectivity index (χ3n) is 5.37. The number of nitrogens with one attached hydrogen (secondary N) is 1. The van der Waals surface area contributed by atoms with Crippen molar-refractivity contribution in [1.82, 2.24) is 14.6 Å². The largest absolute Gasteiger partial charge is 0.372 e. The molecule has 3 heterocycles. The lowest BCUT2D eigenvalue weighted by molar-refractivity contribution is -0.136. The van der Waals surface area contributed by atoms with Crippen molar-refractivity contribution < 1.29 is 13.2 Å². The first-order chi connectivity index (χ1) is 11.5. The van der Waals surface area contributed by atoms with Crippen molar-refractivity contribution in [2.45, 2.75) is 50.0 Å². The van der Waals surface area contributed by atoms with Crippen LogP contribution in [0.4, 0.5) is 0 Å². The van der Waals surface area contributed by atoms with E-state index in [1.54, 1.807) is 11.3 Å². The summed E-state index contributed by atoms with van der Waals surface area (Å²) in [6.07, 6.45) is 3.54. The van der Waals surface area contributed by atoms with E-state index in [9.17, 15) is 8.42 Å². The average Bonchev–Trinajstić information content (AvgIpc) is 3.17. The van der Waals surface area contributed by atoms with Crippen molar-refractivity contribution in [3.8, 4) is 0 Å². The minimum absolute atomic E-state index is 0.0582. The fourth-order valence-corrected chi connectivity index (χ4v) is 6.11. The van der Waals surface area contributed by atoms with Crippen LogP contribution < -0.4 is 4.72 Å². The fourth-order valence-electron chi connectivity index (χ4n) is 3.90. The molecule has 1 aromatic heterocycles. The summed E-state index contributed by atoms with van der Waals surface area (Å²) in [5.74, 6) is 0.452. The number of hydrogen-bond acceptors (Lipinski definition) is 6. The summed E-state index contributed by atoms with van der Waals surface area (Å²) in [6.45, 7) is 6.13. The summed E-state index contributed by atoms with van der Waals surface area (Å²) >= 11 is 1.71. The van der Waals surface area contributed by atoms with E-state index in [0.29, 0.717) is 12.5 Å². The molecule has 1 saturated carbocycles. The summed E-state index contributed by atoms with van der Waals surface area (Å²) in [4.78, 5) is 6.90. The second-order valence-electron chi connectivity index (χ2n) is 7.35. The highest BCUT2D eigenvalue weighted by atomic mass is 32.2. The molecule has 134 valence electrons. The van der Waals surface area contributed by atoms with Gasteiger partial charge in [-0.15, -0.1) is 11.3 Å². The van der Waals surface area contributed by atoms with E-state index >= 15 is 0 Å². The molecule has 2 saturated heterocycles. The third kappa shape index (κ3) is 3.39. The van der Waals surface area contributed by atoms with Gasteiger partial charge >= 0.3 is 0 Å². The van der Waals surface area contributed by atoms with Gasteiger partial charge in [-0.3, -0.25) is 4.90 Å². The van der Waals surface area contributed by atoms with Gasteiger partial charge in [0.1, 0.15) is 5.01 Å². The predicted molar refractivity (Wildman–Crippen MR) is 93.5 cm³/mol. The molecular weight excluding hydrogens is 346 g/mol. The zero-order valence-electron chi connectivity index (χ0n) is 14.0. The third-order valence-corrected chi connectivity index (χ3v) is 8.27. The number of thiazole rings is 1. The second kappa shape index (κ2) is 6.32. The summed E-state index contributed by atoms with van der Waals surface area (Å²) in [7, 11) is -3.06. The van der Waals surface area contributed by atoms with Gasteiger partial charge in [0.25, 0.3) is 0 Å². The average molecular weight is 372 g/mol. The van der Waals surface area contributed by atoms with Crippen molar-refractivity contribution in [2.24, 2.45) is 5.92 Å². The Labute approximate surface area is 147 Å². The van der Waals surface area contributed by atoms with Crippen LogP contribution in [0.15, 0.2) is 5.38 Å². The second-order valence-corrected chi connectivity index (χ2v) is 10.3. The van der Waals surface area contributed by atoms with Crippen LogP contribution in [0.2, 0.25) is 0 Å². The SMILES string of the molecule is Cc1csc(CN2CC3(C2)OCC[C@H]3CCNS(=O)(=O)C2CC2)n1. The number of aromatic nitrogens is 1. The van der Waals surface area contributed by atoms with E-state index in [-0.39, 0.29) is 10.9 Å². The Balaban J connectivity index is 1.26. The molecule has 8 heteroatoms. The van der Waals surface area contributed by atoms with Gasteiger partial charge in [0.2, 0.25) is 10.0 Å². The number of ether oxygens (including phenoxy) is 1. The highest BCUT2D eigenvalue weighted by Gasteiger charge is 2.52. The molecule has 1 spiro atoms. The highest BCUT2D eigenvalue weighted by Crippen LogP contribution is 2.42. The molecule has 3 fully saturated rings. The van der Waals surface area contributed by atoms with E-state index < -0.39 is 10.0 Å². The first-order valence-electron chi connectivity index (χ1n) is 8.73. The number of hydrogen-bond donors (Lipinski definition) is 1. The van der Waals surface area contributed by atoms with Crippen LogP contribution in [0.5, 0.6) is 0 Å². The first-order valence-corrected chi connectivity index (χ1v) is 11.2. The Morgan fingerprint density at radius 3 is 2.88 bits per heavy atom. The summed E-state index contributed by atoms with van der Waals surface area (Å²) in [5.41, 5.74) is 1.03. The number of likely N-dealkylation sites (tertiary alicyclic amines) is 1. The van der Waals surface area contributed by atoms with Crippen molar-refractivity contribution in [3.63, 3.8) is 0 Å². The number of rotatable bonds is 7. The van der Waals surface area contributed by atoms with Crippen molar-refractivity contribution in [1.29, 1.82) is 0 Å². The van der Waals surface area contributed by atoms with E-state index in [2.05, 4.69) is 20.0 Å². The molecule has 0 bridgehead atoms. The maximum atomic E-state index is 11.9. The molecule has 1 atom stereocenters. The molecule has 0 aromatic carbocycles. The zero-order valence-corrected chi connectivity index (χ0v) is 15.7. The number of aryl methyl sites for hydroxylation is 1. The topological polar surface area (TPSA) is 71.5 Å². The van der Waals surface area contributed by atoms with Gasteiger partial charge in [0, 0.05) is 37.3 Å². The molecule has 0 amide bonds. The summed E-state index contributed by atoms with van der Waals surface area (Å²) in [5, 5.41) is 3.12. The van der Waals surface area contributed by atoms with Crippen molar-refractivity contribution >= 4 is 21.4 Å². The number of sulfonamides is 1. The molecular formula is C16H25N3O3S2. The summed E-state index contributed by atoms with van der Waals surface area (Å²) in [6, 6.07) is 0. The Morgan fingerprint density at radius 2 is 2.21 bits per heavy atom. The van der Waals surface area contributed by atoms with E-state index in [1.165, 1.54) is 0 Å². The Bertz CT molecular complexity index is 693. The van der Waals surface area contributed by atoms with Crippen molar-refractivity contribution in [3.05, 3.63) is 16.1 Å². The predicted octanol–water partition coefficient (Wildman–Crippen LogP) is 1.51. The Hall–Kier alpha value is -0.540. The smallest absolute Gasteiger partial charge is 0.214 e. The molecule has 4 rings (SSSR count). The summed E-state index contributed by atoms with van der Waals surface area (Å²) < 4.78 is 32.7. The lowest BCUT2D eigenvalue weighted by atomic mass is 9.79. The van der Waals surface area contributed by atoms with Crippen LogP contribution in [-0.4, -0.2) is 55.4 Å². The van der Waals surface area contributed by atoms with Gasteiger partial charge in [-0.25, -0.2) is 18.1 Å². The lowest BCUT2D eigenvalue weighted by Gasteiger charge is -2.50. The van der Waals surface area contributed by atoms with Crippen LogP contribution in [0.1, 0.15) is 36.4 Å².